The minimum absolute atomic E-state index is 0.0190. The molecular weight excluding hydrogens is 304 g/mol. The molecule has 23 heavy (non-hydrogen) atoms. The minimum Gasteiger partial charge on any atom is -0.507 e. The third-order valence-electron chi connectivity index (χ3n) is 4.01. The second kappa shape index (κ2) is 4.92. The van der Waals surface area contributed by atoms with E-state index in [0.717, 1.165) is 7.11 Å². The molecule has 2 aromatic carbocycles. The number of ether oxygens (including phenoxy) is 2. The first-order chi connectivity index (χ1) is 10.8. The van der Waals surface area contributed by atoms with E-state index < -0.39 is 28.7 Å². The molecule has 0 saturated carbocycles. The molecule has 0 amide bonds. The maximum Gasteiger partial charge on any atom is 0.296 e. The van der Waals surface area contributed by atoms with Crippen LogP contribution in [-0.2, 0) is 16.3 Å². The van der Waals surface area contributed by atoms with E-state index in [1.165, 1.54) is 30.3 Å². The molecule has 1 aliphatic heterocycles. The Labute approximate surface area is 131 Å². The Kier molecular flexibility index (Phi) is 3.36. The first-order valence-corrected chi connectivity index (χ1v) is 6.79. The Morgan fingerprint density at radius 2 is 1.57 bits per heavy atom. The summed E-state index contributed by atoms with van der Waals surface area (Å²) in [4.78, 5) is 0. The Hall–Kier alpha value is -2.16. The van der Waals surface area contributed by atoms with Crippen LogP contribution in [0.3, 0.4) is 0 Å². The molecule has 2 aromatic rings. The number of aliphatic hydroxyl groups is 4. The molecule has 0 aliphatic carbocycles. The van der Waals surface area contributed by atoms with Gasteiger partial charge in [-0.15, -0.1) is 0 Å². The van der Waals surface area contributed by atoms with Crippen LogP contribution in [0.1, 0.15) is 11.1 Å². The van der Waals surface area contributed by atoms with Gasteiger partial charge >= 0.3 is 0 Å². The number of phenolic OH excluding ortho intramolecular Hbond substituents is 1. The summed E-state index contributed by atoms with van der Waals surface area (Å²) < 4.78 is 10.2. The molecule has 2 atom stereocenters. The van der Waals surface area contributed by atoms with Crippen molar-refractivity contribution in [3.63, 3.8) is 0 Å². The van der Waals surface area contributed by atoms with Gasteiger partial charge in [0.25, 0.3) is 17.4 Å². The van der Waals surface area contributed by atoms with Crippen molar-refractivity contribution in [1.82, 2.24) is 0 Å². The number of benzene rings is 2. The number of phenols is 1. The second-order valence-corrected chi connectivity index (χ2v) is 5.28. The Balaban J connectivity index is 2.31. The van der Waals surface area contributed by atoms with E-state index >= 15 is 0 Å². The van der Waals surface area contributed by atoms with Crippen molar-refractivity contribution in [3.8, 4) is 11.5 Å². The molecule has 7 nitrogen and oxygen atoms in total. The lowest BCUT2D eigenvalue weighted by Gasteiger charge is -2.50. The SMILES string of the molecule is COC1(O)c2c(O)cccc2OC(O)(c2ccccc2)C1(O)O. The van der Waals surface area contributed by atoms with Crippen molar-refractivity contribution in [2.45, 2.75) is 17.4 Å². The first kappa shape index (κ1) is 15.7. The van der Waals surface area contributed by atoms with Crippen molar-refractivity contribution in [2.24, 2.45) is 0 Å². The molecule has 122 valence electrons. The van der Waals surface area contributed by atoms with Crippen LogP contribution in [0, 0.1) is 0 Å². The zero-order valence-corrected chi connectivity index (χ0v) is 12.2. The van der Waals surface area contributed by atoms with Crippen LogP contribution < -0.4 is 4.74 Å². The lowest BCUT2D eigenvalue weighted by molar-refractivity contribution is -0.472. The van der Waals surface area contributed by atoms with E-state index in [9.17, 15) is 25.5 Å². The molecule has 5 N–H and O–H groups in total. The van der Waals surface area contributed by atoms with Crippen molar-refractivity contribution in [1.29, 1.82) is 0 Å². The topological polar surface area (TPSA) is 120 Å². The number of fused-ring (bicyclic) bond motifs is 1. The van der Waals surface area contributed by atoms with Crippen LogP contribution in [0.4, 0.5) is 0 Å². The third kappa shape index (κ3) is 1.89. The highest BCUT2D eigenvalue weighted by molar-refractivity contribution is 5.51. The van der Waals surface area contributed by atoms with Gasteiger partial charge in [0.2, 0.25) is 0 Å². The fourth-order valence-corrected chi connectivity index (χ4v) is 2.75. The van der Waals surface area contributed by atoms with Crippen LogP contribution in [0.25, 0.3) is 0 Å². The molecule has 0 saturated heterocycles. The predicted molar refractivity (Wildman–Crippen MR) is 77.1 cm³/mol. The summed E-state index contributed by atoms with van der Waals surface area (Å²) in [5.41, 5.74) is -0.414. The van der Waals surface area contributed by atoms with Gasteiger partial charge < -0.3 is 35.0 Å². The van der Waals surface area contributed by atoms with E-state index in [1.54, 1.807) is 18.2 Å². The summed E-state index contributed by atoms with van der Waals surface area (Å²) in [5.74, 6) is -9.52. The molecule has 0 aromatic heterocycles. The van der Waals surface area contributed by atoms with Crippen LogP contribution in [0.15, 0.2) is 48.5 Å². The van der Waals surface area contributed by atoms with E-state index in [1.807, 2.05) is 0 Å². The van der Waals surface area contributed by atoms with Crippen LogP contribution >= 0.6 is 0 Å². The lowest BCUT2D eigenvalue weighted by Crippen LogP contribution is -2.70. The zero-order valence-electron chi connectivity index (χ0n) is 12.2. The molecule has 2 unspecified atom stereocenters. The van der Waals surface area contributed by atoms with E-state index in [0.29, 0.717) is 0 Å². The van der Waals surface area contributed by atoms with Crippen molar-refractivity contribution in [2.75, 3.05) is 7.11 Å². The van der Waals surface area contributed by atoms with Gasteiger partial charge in [-0.1, -0.05) is 36.4 Å². The van der Waals surface area contributed by atoms with Crippen molar-refractivity contribution in [3.05, 3.63) is 59.7 Å². The number of hydrogen-bond donors (Lipinski definition) is 5. The first-order valence-electron chi connectivity index (χ1n) is 6.79. The zero-order chi connectivity index (χ0) is 16.9. The van der Waals surface area contributed by atoms with Gasteiger partial charge in [0.15, 0.2) is 0 Å². The summed E-state index contributed by atoms with van der Waals surface area (Å²) in [6.45, 7) is 0. The largest absolute Gasteiger partial charge is 0.507 e. The van der Waals surface area contributed by atoms with Crippen LogP contribution in [0.5, 0.6) is 11.5 Å². The van der Waals surface area contributed by atoms with Gasteiger partial charge in [0, 0.05) is 12.7 Å². The van der Waals surface area contributed by atoms with Gasteiger partial charge in [-0.05, 0) is 12.1 Å². The van der Waals surface area contributed by atoms with Crippen molar-refractivity contribution >= 4 is 0 Å². The third-order valence-corrected chi connectivity index (χ3v) is 4.01. The number of aromatic hydroxyl groups is 1. The van der Waals surface area contributed by atoms with Gasteiger partial charge in [0.1, 0.15) is 17.1 Å². The molecule has 3 rings (SSSR count). The van der Waals surface area contributed by atoms with Gasteiger partial charge in [0.05, 0.1) is 0 Å². The average Bonchev–Trinajstić information content (AvgIpc) is 2.54. The Morgan fingerprint density at radius 3 is 2.17 bits per heavy atom. The number of methoxy groups -OCH3 is 1. The van der Waals surface area contributed by atoms with Gasteiger partial charge in [-0.25, -0.2) is 0 Å². The predicted octanol–water partition coefficient (Wildman–Crippen LogP) is 0.102. The minimum atomic E-state index is -3.32. The molecule has 0 radical (unpaired) electrons. The summed E-state index contributed by atoms with van der Waals surface area (Å²) in [6.07, 6.45) is 0. The summed E-state index contributed by atoms with van der Waals surface area (Å²) >= 11 is 0. The van der Waals surface area contributed by atoms with E-state index in [4.69, 9.17) is 9.47 Å². The highest BCUT2D eigenvalue weighted by Gasteiger charge is 2.71. The Morgan fingerprint density at radius 1 is 0.913 bits per heavy atom. The summed E-state index contributed by atoms with van der Waals surface area (Å²) in [5, 5.41) is 52.6. The van der Waals surface area contributed by atoms with E-state index in [-0.39, 0.29) is 11.3 Å². The molecule has 1 aliphatic rings. The van der Waals surface area contributed by atoms with Gasteiger partial charge in [-0.2, -0.15) is 0 Å². The smallest absolute Gasteiger partial charge is 0.296 e. The van der Waals surface area contributed by atoms with Crippen LogP contribution in [0.2, 0.25) is 0 Å². The highest BCUT2D eigenvalue weighted by atomic mass is 16.7. The fourth-order valence-electron chi connectivity index (χ4n) is 2.75. The maximum absolute atomic E-state index is 10.8. The quantitative estimate of drug-likeness (QED) is 0.498. The molecule has 0 fully saturated rings. The number of hydrogen-bond acceptors (Lipinski definition) is 7. The molecule has 1 heterocycles. The molecular formula is C16H16O7. The molecule has 0 bridgehead atoms. The highest BCUT2D eigenvalue weighted by Crippen LogP contribution is 2.54. The summed E-state index contributed by atoms with van der Waals surface area (Å²) in [7, 11) is 1.01. The molecule has 7 heteroatoms. The van der Waals surface area contributed by atoms with E-state index in [2.05, 4.69) is 0 Å². The normalized spacial score (nSPS) is 28.7. The second-order valence-electron chi connectivity index (χ2n) is 5.28. The van der Waals surface area contributed by atoms with Gasteiger partial charge in [-0.3, -0.25) is 0 Å². The maximum atomic E-state index is 10.8. The average molecular weight is 320 g/mol. The monoisotopic (exact) mass is 320 g/mol. The standard InChI is InChI=1S/C16H16O7/c1-22-15(19)13-11(17)8-5-9-12(13)23-14(18,16(15,20)21)10-6-3-2-4-7-10/h2-9,17-21H,1H3. The van der Waals surface area contributed by atoms with Crippen molar-refractivity contribution < 1.29 is 35.0 Å². The fraction of sp³-hybridized carbons (Fsp3) is 0.250. The Bertz CT molecular complexity index is 730. The molecule has 0 spiro atoms. The summed E-state index contributed by atoms with van der Waals surface area (Å²) in [6, 6.07) is 11.5. The lowest BCUT2D eigenvalue weighted by atomic mass is 9.82. The van der Waals surface area contributed by atoms with Crippen LogP contribution in [-0.4, -0.2) is 38.4 Å². The number of rotatable bonds is 2.